The first-order valence-corrected chi connectivity index (χ1v) is 10.8. The zero-order chi connectivity index (χ0) is 20.9. The molecule has 0 fully saturated rings. The van der Waals surface area contributed by atoms with E-state index in [-0.39, 0.29) is 24.0 Å². The van der Waals surface area contributed by atoms with E-state index in [0.29, 0.717) is 23.9 Å². The molecule has 0 radical (unpaired) electrons. The molecule has 0 spiro atoms. The zero-order valence-electron chi connectivity index (χ0n) is 17.7. The second-order valence-corrected chi connectivity index (χ2v) is 8.68. The SMILES string of the molecule is CN=C(NCc1ccc(S(C)(=O)=O)c(C)c1)NCc1ncc(C)c(OC)c1C.I. The Bertz CT molecular complexity index is 991. The summed E-state index contributed by atoms with van der Waals surface area (Å²) in [7, 11) is 0.142. The molecule has 160 valence electrons. The maximum absolute atomic E-state index is 11.7. The summed E-state index contributed by atoms with van der Waals surface area (Å²) >= 11 is 0. The lowest BCUT2D eigenvalue weighted by Gasteiger charge is -2.15. The van der Waals surface area contributed by atoms with E-state index in [0.717, 1.165) is 33.7 Å². The number of hydrogen-bond donors (Lipinski definition) is 2. The van der Waals surface area contributed by atoms with Gasteiger partial charge in [-0.1, -0.05) is 12.1 Å². The van der Waals surface area contributed by atoms with Gasteiger partial charge in [-0.25, -0.2) is 8.42 Å². The van der Waals surface area contributed by atoms with Crippen molar-refractivity contribution in [1.82, 2.24) is 15.6 Å². The number of methoxy groups -OCH3 is 1. The molecule has 2 N–H and O–H groups in total. The quantitative estimate of drug-likeness (QED) is 0.338. The van der Waals surface area contributed by atoms with Crippen LogP contribution in [0, 0.1) is 20.8 Å². The normalized spacial score (nSPS) is 11.6. The highest BCUT2D eigenvalue weighted by Crippen LogP contribution is 2.23. The summed E-state index contributed by atoms with van der Waals surface area (Å²) in [6, 6.07) is 5.32. The molecule has 0 aliphatic rings. The third-order valence-corrected chi connectivity index (χ3v) is 5.75. The van der Waals surface area contributed by atoms with E-state index in [9.17, 15) is 8.42 Å². The maximum atomic E-state index is 11.7. The Kier molecular flexibility index (Phi) is 9.34. The molecule has 0 unspecified atom stereocenters. The fourth-order valence-corrected chi connectivity index (χ4v) is 4.02. The molecule has 1 aromatic heterocycles. The Morgan fingerprint density at radius 1 is 1.14 bits per heavy atom. The van der Waals surface area contributed by atoms with Crippen molar-refractivity contribution in [1.29, 1.82) is 0 Å². The van der Waals surface area contributed by atoms with Crippen molar-refractivity contribution in [3.63, 3.8) is 0 Å². The molecule has 1 heterocycles. The number of aromatic nitrogens is 1. The van der Waals surface area contributed by atoms with Gasteiger partial charge in [-0.2, -0.15) is 0 Å². The molecule has 0 bridgehead atoms. The number of nitrogens with zero attached hydrogens (tertiary/aromatic N) is 2. The molecule has 2 aromatic rings. The second-order valence-electron chi connectivity index (χ2n) is 6.70. The molecule has 29 heavy (non-hydrogen) atoms. The predicted molar refractivity (Wildman–Crippen MR) is 127 cm³/mol. The van der Waals surface area contributed by atoms with Gasteiger partial charge in [0.15, 0.2) is 15.8 Å². The Morgan fingerprint density at radius 2 is 1.79 bits per heavy atom. The Balaban J connectivity index is 0.00000420. The number of aliphatic imine (C=N–C) groups is 1. The van der Waals surface area contributed by atoms with Gasteiger partial charge in [0.1, 0.15) is 5.75 Å². The van der Waals surface area contributed by atoms with Crippen molar-refractivity contribution >= 4 is 39.8 Å². The van der Waals surface area contributed by atoms with Crippen LogP contribution in [0.2, 0.25) is 0 Å². The van der Waals surface area contributed by atoms with Crippen LogP contribution in [-0.2, 0) is 22.9 Å². The van der Waals surface area contributed by atoms with Crippen molar-refractivity contribution in [3.8, 4) is 5.75 Å². The number of hydrogen-bond acceptors (Lipinski definition) is 5. The molecule has 0 amide bonds. The number of sulfone groups is 1. The van der Waals surface area contributed by atoms with Crippen LogP contribution >= 0.6 is 24.0 Å². The first-order valence-electron chi connectivity index (χ1n) is 8.90. The van der Waals surface area contributed by atoms with E-state index in [4.69, 9.17) is 4.74 Å². The van der Waals surface area contributed by atoms with Gasteiger partial charge in [0.05, 0.1) is 24.2 Å². The number of nitrogens with one attached hydrogen (secondary N) is 2. The van der Waals surface area contributed by atoms with Gasteiger partial charge in [-0.05, 0) is 38.0 Å². The molecule has 2 rings (SSSR count). The number of guanidine groups is 1. The number of ether oxygens (including phenoxy) is 1. The molecule has 7 nitrogen and oxygen atoms in total. The van der Waals surface area contributed by atoms with Gasteiger partial charge >= 0.3 is 0 Å². The monoisotopic (exact) mass is 532 g/mol. The number of benzene rings is 1. The Labute approximate surface area is 190 Å². The minimum absolute atomic E-state index is 0. The van der Waals surface area contributed by atoms with Crippen LogP contribution in [0.4, 0.5) is 0 Å². The van der Waals surface area contributed by atoms with Crippen LogP contribution in [0.1, 0.15) is 27.9 Å². The van der Waals surface area contributed by atoms with Gasteiger partial charge in [-0.15, -0.1) is 24.0 Å². The lowest BCUT2D eigenvalue weighted by atomic mass is 10.1. The number of pyridine rings is 1. The lowest BCUT2D eigenvalue weighted by molar-refractivity contribution is 0.406. The van der Waals surface area contributed by atoms with Crippen LogP contribution in [0.25, 0.3) is 0 Å². The standard InChI is InChI=1S/C20H28N4O3S.HI/c1-13-9-16(7-8-18(13)28(6,25)26)11-23-20(21-4)24-12-17-15(3)19(27-5)14(2)10-22-17;/h7-10H,11-12H2,1-6H3,(H2,21,23,24);1H. The third kappa shape index (κ3) is 6.56. The summed E-state index contributed by atoms with van der Waals surface area (Å²) in [6.45, 7) is 6.78. The maximum Gasteiger partial charge on any atom is 0.191 e. The van der Waals surface area contributed by atoms with Crippen molar-refractivity contribution in [2.75, 3.05) is 20.4 Å². The van der Waals surface area contributed by atoms with Gasteiger partial charge in [-0.3, -0.25) is 9.98 Å². The fourth-order valence-electron chi connectivity index (χ4n) is 3.06. The van der Waals surface area contributed by atoms with Gasteiger partial charge in [0.2, 0.25) is 0 Å². The first-order chi connectivity index (χ1) is 13.2. The van der Waals surface area contributed by atoms with E-state index in [1.807, 2.05) is 19.9 Å². The van der Waals surface area contributed by atoms with Gasteiger partial charge in [0.25, 0.3) is 0 Å². The summed E-state index contributed by atoms with van der Waals surface area (Å²) in [6.07, 6.45) is 3.01. The molecular weight excluding hydrogens is 503 g/mol. The largest absolute Gasteiger partial charge is 0.496 e. The highest BCUT2D eigenvalue weighted by atomic mass is 127. The van der Waals surface area contributed by atoms with E-state index in [1.165, 1.54) is 6.26 Å². The topological polar surface area (TPSA) is 92.7 Å². The summed E-state index contributed by atoms with van der Waals surface area (Å²) in [5.41, 5.74) is 4.59. The van der Waals surface area contributed by atoms with Crippen molar-refractivity contribution < 1.29 is 13.2 Å². The fraction of sp³-hybridized carbons (Fsp3) is 0.400. The molecule has 0 saturated carbocycles. The van der Waals surface area contributed by atoms with Crippen LogP contribution in [0.3, 0.4) is 0 Å². The van der Waals surface area contributed by atoms with Gasteiger partial charge < -0.3 is 15.4 Å². The van der Waals surface area contributed by atoms with Crippen LogP contribution < -0.4 is 15.4 Å². The van der Waals surface area contributed by atoms with E-state index < -0.39 is 9.84 Å². The van der Waals surface area contributed by atoms with Crippen molar-refractivity contribution in [2.24, 2.45) is 4.99 Å². The van der Waals surface area contributed by atoms with E-state index >= 15 is 0 Å². The summed E-state index contributed by atoms with van der Waals surface area (Å²) in [5.74, 6) is 1.47. The van der Waals surface area contributed by atoms with Crippen LogP contribution in [0.5, 0.6) is 5.75 Å². The number of aryl methyl sites for hydroxylation is 2. The van der Waals surface area contributed by atoms with Crippen molar-refractivity contribution in [2.45, 2.75) is 38.8 Å². The number of halogens is 1. The predicted octanol–water partition coefficient (Wildman–Crippen LogP) is 2.90. The zero-order valence-corrected chi connectivity index (χ0v) is 20.8. The Morgan fingerprint density at radius 3 is 2.34 bits per heavy atom. The molecular formula is C20H29IN4O3S. The van der Waals surface area contributed by atoms with E-state index in [2.05, 4.69) is 20.6 Å². The molecule has 0 atom stereocenters. The summed E-state index contributed by atoms with van der Waals surface area (Å²) in [4.78, 5) is 9.06. The second kappa shape index (κ2) is 10.8. The number of rotatable bonds is 6. The average molecular weight is 532 g/mol. The van der Waals surface area contributed by atoms with Crippen LogP contribution in [-0.4, -0.2) is 39.8 Å². The molecule has 0 saturated heterocycles. The summed E-state index contributed by atoms with van der Waals surface area (Å²) in [5, 5.41) is 6.47. The molecule has 0 aliphatic heterocycles. The highest BCUT2D eigenvalue weighted by molar-refractivity contribution is 14.0. The summed E-state index contributed by atoms with van der Waals surface area (Å²) < 4.78 is 28.9. The van der Waals surface area contributed by atoms with Crippen LogP contribution in [0.15, 0.2) is 34.3 Å². The molecule has 0 aliphatic carbocycles. The first kappa shape index (κ1) is 25.2. The lowest BCUT2D eigenvalue weighted by Crippen LogP contribution is -2.36. The minimum Gasteiger partial charge on any atom is -0.496 e. The average Bonchev–Trinajstić information content (AvgIpc) is 2.62. The smallest absolute Gasteiger partial charge is 0.191 e. The minimum atomic E-state index is -3.21. The van der Waals surface area contributed by atoms with Crippen molar-refractivity contribution in [3.05, 3.63) is 52.3 Å². The molecule has 1 aromatic carbocycles. The highest BCUT2D eigenvalue weighted by Gasteiger charge is 2.12. The third-order valence-electron chi connectivity index (χ3n) is 4.50. The van der Waals surface area contributed by atoms with E-state index in [1.54, 1.807) is 39.4 Å². The Hall–Kier alpha value is -1.88. The molecule has 9 heteroatoms. The van der Waals surface area contributed by atoms with Gasteiger partial charge in [0, 0.05) is 37.2 Å².